The first-order valence-corrected chi connectivity index (χ1v) is 6.64. The van der Waals surface area contributed by atoms with Crippen LogP contribution in [0, 0.1) is 6.92 Å². The molecule has 0 amide bonds. The lowest BCUT2D eigenvalue weighted by Crippen LogP contribution is -2.44. The van der Waals surface area contributed by atoms with Crippen LogP contribution in [0.15, 0.2) is 29.2 Å². The second-order valence-corrected chi connectivity index (χ2v) is 5.84. The van der Waals surface area contributed by atoms with Gasteiger partial charge in [0.25, 0.3) is 5.56 Å². The number of hydrogen-bond acceptors (Lipinski definition) is 4. The molecule has 0 aliphatic carbocycles. The van der Waals surface area contributed by atoms with Gasteiger partial charge in [-0.2, -0.15) is 0 Å². The second-order valence-electron chi connectivity index (χ2n) is 5.84. The summed E-state index contributed by atoms with van der Waals surface area (Å²) in [6, 6.07) is 5.32. The number of nitrogens with zero attached hydrogens (tertiary/aromatic N) is 3. The fraction of sp³-hybridized carbons (Fsp3) is 0.467. The third-order valence-electron chi connectivity index (χ3n) is 3.70. The summed E-state index contributed by atoms with van der Waals surface area (Å²) in [5.74, 6) is 0. The average molecular weight is 275 g/mol. The monoisotopic (exact) mass is 275 g/mol. The number of aliphatic hydroxyl groups excluding tert-OH is 1. The van der Waals surface area contributed by atoms with Crippen molar-refractivity contribution < 1.29 is 5.11 Å². The van der Waals surface area contributed by atoms with Crippen molar-refractivity contribution in [2.24, 2.45) is 0 Å². The van der Waals surface area contributed by atoms with E-state index in [1.807, 2.05) is 44.9 Å². The summed E-state index contributed by atoms with van der Waals surface area (Å²) in [5.41, 5.74) is 2.00. The Bertz CT molecular complexity index is 676. The Morgan fingerprint density at radius 2 is 2.10 bits per heavy atom. The largest absolute Gasteiger partial charge is 0.394 e. The van der Waals surface area contributed by atoms with Crippen LogP contribution in [0.1, 0.15) is 25.1 Å². The van der Waals surface area contributed by atoms with E-state index in [9.17, 15) is 9.90 Å². The average Bonchev–Trinajstić information content (AvgIpc) is 2.38. The van der Waals surface area contributed by atoms with Crippen LogP contribution < -0.4 is 5.56 Å². The molecule has 0 aromatic carbocycles. The molecule has 20 heavy (non-hydrogen) atoms. The molecule has 2 rings (SSSR count). The van der Waals surface area contributed by atoms with Crippen molar-refractivity contribution in [1.29, 1.82) is 0 Å². The molecule has 1 N–H and O–H groups in total. The molecular formula is C15H21N3O2. The van der Waals surface area contributed by atoms with Crippen LogP contribution in [0.4, 0.5) is 0 Å². The first kappa shape index (κ1) is 14.7. The lowest BCUT2D eigenvalue weighted by molar-refractivity contribution is 0.0724. The minimum Gasteiger partial charge on any atom is -0.394 e. The first-order chi connectivity index (χ1) is 9.33. The van der Waals surface area contributed by atoms with Gasteiger partial charge in [0, 0.05) is 24.3 Å². The summed E-state index contributed by atoms with van der Waals surface area (Å²) in [4.78, 5) is 18.6. The van der Waals surface area contributed by atoms with E-state index in [4.69, 9.17) is 0 Å². The minimum absolute atomic E-state index is 0.0508. The van der Waals surface area contributed by atoms with E-state index in [1.165, 1.54) is 4.40 Å². The highest BCUT2D eigenvalue weighted by Crippen LogP contribution is 2.14. The third kappa shape index (κ3) is 2.89. The van der Waals surface area contributed by atoms with Crippen molar-refractivity contribution in [3.63, 3.8) is 0 Å². The van der Waals surface area contributed by atoms with E-state index in [0.29, 0.717) is 17.9 Å². The smallest absolute Gasteiger partial charge is 0.258 e. The van der Waals surface area contributed by atoms with Crippen LogP contribution in [0.2, 0.25) is 0 Å². The molecule has 5 heteroatoms. The van der Waals surface area contributed by atoms with Gasteiger partial charge in [-0.1, -0.05) is 0 Å². The van der Waals surface area contributed by atoms with Crippen LogP contribution in [-0.4, -0.2) is 38.6 Å². The van der Waals surface area contributed by atoms with Crippen molar-refractivity contribution in [2.75, 3.05) is 13.7 Å². The molecule has 108 valence electrons. The van der Waals surface area contributed by atoms with Gasteiger partial charge in [-0.25, -0.2) is 4.98 Å². The third-order valence-corrected chi connectivity index (χ3v) is 3.70. The van der Waals surface area contributed by atoms with Crippen LogP contribution in [-0.2, 0) is 6.54 Å². The second kappa shape index (κ2) is 5.34. The normalized spacial score (nSPS) is 12.3. The van der Waals surface area contributed by atoms with Crippen LogP contribution in [0.5, 0.6) is 0 Å². The molecule has 0 atom stereocenters. The van der Waals surface area contributed by atoms with E-state index in [1.54, 1.807) is 12.3 Å². The van der Waals surface area contributed by atoms with Gasteiger partial charge >= 0.3 is 0 Å². The predicted molar refractivity (Wildman–Crippen MR) is 78.8 cm³/mol. The van der Waals surface area contributed by atoms with Gasteiger partial charge in [-0.3, -0.25) is 14.1 Å². The number of pyridine rings is 1. The van der Waals surface area contributed by atoms with Gasteiger partial charge in [0.05, 0.1) is 12.3 Å². The molecule has 0 aliphatic heterocycles. The van der Waals surface area contributed by atoms with Gasteiger partial charge in [-0.05, 0) is 45.5 Å². The Balaban J connectivity index is 2.39. The Morgan fingerprint density at radius 1 is 1.40 bits per heavy atom. The zero-order chi connectivity index (χ0) is 14.9. The van der Waals surface area contributed by atoms with Gasteiger partial charge < -0.3 is 5.11 Å². The topological polar surface area (TPSA) is 57.8 Å². The van der Waals surface area contributed by atoms with Crippen molar-refractivity contribution in [3.8, 4) is 0 Å². The quantitative estimate of drug-likeness (QED) is 0.911. The Morgan fingerprint density at radius 3 is 2.75 bits per heavy atom. The summed E-state index contributed by atoms with van der Waals surface area (Å²) >= 11 is 0. The molecule has 5 nitrogen and oxygen atoms in total. The van der Waals surface area contributed by atoms with E-state index in [-0.39, 0.29) is 17.7 Å². The molecule has 0 aliphatic rings. The van der Waals surface area contributed by atoms with Crippen molar-refractivity contribution in [3.05, 3.63) is 46.0 Å². The van der Waals surface area contributed by atoms with Crippen molar-refractivity contribution in [2.45, 2.75) is 32.9 Å². The molecule has 0 radical (unpaired) electrons. The zero-order valence-electron chi connectivity index (χ0n) is 12.4. The fourth-order valence-corrected chi connectivity index (χ4v) is 1.91. The number of aliphatic hydroxyl groups is 1. The van der Waals surface area contributed by atoms with Crippen molar-refractivity contribution in [1.82, 2.24) is 14.3 Å². The molecule has 2 aromatic heterocycles. The maximum Gasteiger partial charge on any atom is 0.258 e. The number of aryl methyl sites for hydroxylation is 1. The van der Waals surface area contributed by atoms with E-state index in [2.05, 4.69) is 4.98 Å². The molecular weight excluding hydrogens is 254 g/mol. The number of fused-ring (bicyclic) bond motifs is 1. The van der Waals surface area contributed by atoms with Gasteiger partial charge in [0.1, 0.15) is 5.65 Å². The number of likely N-dealkylation sites (N-methyl/N-ethyl adjacent to an activating group) is 1. The Hall–Kier alpha value is -1.72. The molecule has 0 saturated heterocycles. The van der Waals surface area contributed by atoms with Crippen molar-refractivity contribution >= 4 is 5.65 Å². The predicted octanol–water partition coefficient (Wildman–Crippen LogP) is 1.21. The lowest BCUT2D eigenvalue weighted by atomic mass is 10.1. The highest BCUT2D eigenvalue weighted by Gasteiger charge is 2.22. The summed E-state index contributed by atoms with van der Waals surface area (Å²) < 4.78 is 1.54. The molecule has 0 fully saturated rings. The van der Waals surface area contributed by atoms with E-state index < -0.39 is 0 Å². The van der Waals surface area contributed by atoms with Crippen LogP contribution >= 0.6 is 0 Å². The molecule has 0 saturated carbocycles. The molecule has 0 unspecified atom stereocenters. The molecule has 0 bridgehead atoms. The Kier molecular flexibility index (Phi) is 3.92. The molecule has 0 spiro atoms. The summed E-state index contributed by atoms with van der Waals surface area (Å²) in [7, 11) is 1.91. The molecule has 2 aromatic rings. The Labute approximate surface area is 118 Å². The summed E-state index contributed by atoms with van der Waals surface area (Å²) in [5, 5.41) is 9.38. The summed E-state index contributed by atoms with van der Waals surface area (Å²) in [6.45, 7) is 6.44. The highest BCUT2D eigenvalue weighted by atomic mass is 16.3. The van der Waals surface area contributed by atoms with Crippen LogP contribution in [0.25, 0.3) is 5.65 Å². The van der Waals surface area contributed by atoms with Gasteiger partial charge in [-0.15, -0.1) is 0 Å². The SMILES string of the molecule is Cc1ccn2c(=O)cc(CN(C)C(C)(C)CO)nc2c1. The maximum absolute atomic E-state index is 12.1. The molecule has 2 heterocycles. The summed E-state index contributed by atoms with van der Waals surface area (Å²) in [6.07, 6.45) is 1.74. The lowest BCUT2D eigenvalue weighted by Gasteiger charge is -2.33. The highest BCUT2D eigenvalue weighted by molar-refractivity contribution is 5.41. The van der Waals surface area contributed by atoms with E-state index in [0.717, 1.165) is 5.56 Å². The minimum atomic E-state index is -0.348. The standard InChI is InChI=1S/C15H21N3O2/c1-11-5-6-18-13(7-11)16-12(8-14(18)20)9-17(4)15(2,3)10-19/h5-8,19H,9-10H2,1-4H3. The first-order valence-electron chi connectivity index (χ1n) is 6.64. The number of rotatable bonds is 4. The van der Waals surface area contributed by atoms with E-state index >= 15 is 0 Å². The van der Waals surface area contributed by atoms with Crippen LogP contribution in [0.3, 0.4) is 0 Å². The zero-order valence-corrected chi connectivity index (χ0v) is 12.4. The van der Waals surface area contributed by atoms with Gasteiger partial charge in [0.15, 0.2) is 0 Å². The fourth-order valence-electron chi connectivity index (χ4n) is 1.91. The van der Waals surface area contributed by atoms with Gasteiger partial charge in [0.2, 0.25) is 0 Å². The number of hydrogen-bond donors (Lipinski definition) is 1. The number of aromatic nitrogens is 2. The maximum atomic E-state index is 12.1.